The molecule has 41 heavy (non-hydrogen) atoms. The van der Waals surface area contributed by atoms with E-state index in [2.05, 4.69) is 20.6 Å². The van der Waals surface area contributed by atoms with Crippen LogP contribution in [0.1, 0.15) is 29.8 Å². The number of aromatic nitrogens is 2. The Hall–Kier alpha value is -3.84. The summed E-state index contributed by atoms with van der Waals surface area (Å²) in [5, 5.41) is 5.90. The van der Waals surface area contributed by atoms with Crippen LogP contribution in [-0.2, 0) is 10.9 Å². The van der Waals surface area contributed by atoms with Crippen molar-refractivity contribution >= 4 is 23.2 Å². The zero-order valence-corrected chi connectivity index (χ0v) is 22.4. The number of carbonyl (C=O) groups excluding carboxylic acids is 1. The summed E-state index contributed by atoms with van der Waals surface area (Å²) in [7, 11) is 0. The zero-order valence-electron chi connectivity index (χ0n) is 22.4. The largest absolute Gasteiger partial charge is 0.417 e. The van der Waals surface area contributed by atoms with Gasteiger partial charge in [-0.1, -0.05) is 0 Å². The topological polar surface area (TPSA) is 82.6 Å². The summed E-state index contributed by atoms with van der Waals surface area (Å²) in [5.41, 5.74) is -1.37. The highest BCUT2D eigenvalue weighted by atomic mass is 19.4. The van der Waals surface area contributed by atoms with E-state index in [0.717, 1.165) is 12.1 Å². The number of nitrogens with zero attached hydrogens (tertiary/aromatic N) is 4. The molecule has 2 unspecified atom stereocenters. The van der Waals surface area contributed by atoms with Crippen molar-refractivity contribution in [3.05, 3.63) is 65.5 Å². The summed E-state index contributed by atoms with van der Waals surface area (Å²) in [4.78, 5) is 25.7. The van der Waals surface area contributed by atoms with E-state index < -0.39 is 34.8 Å². The Morgan fingerprint density at radius 1 is 1.00 bits per heavy atom. The van der Waals surface area contributed by atoms with E-state index in [0.29, 0.717) is 56.6 Å². The van der Waals surface area contributed by atoms with Crippen LogP contribution in [0.2, 0.25) is 0 Å². The van der Waals surface area contributed by atoms with Crippen LogP contribution in [0.25, 0.3) is 11.1 Å². The molecule has 1 aromatic heterocycles. The summed E-state index contributed by atoms with van der Waals surface area (Å²) in [5.74, 6) is -2.38. The predicted octanol–water partition coefficient (Wildman–Crippen LogP) is 4.72. The summed E-state index contributed by atoms with van der Waals surface area (Å²) < 4.78 is 75.6. The van der Waals surface area contributed by atoms with Crippen molar-refractivity contribution in [3.8, 4) is 11.1 Å². The summed E-state index contributed by atoms with van der Waals surface area (Å²) in [6, 6.07) is 4.52. The lowest BCUT2D eigenvalue weighted by molar-refractivity contribution is -0.138. The fraction of sp³-hybridized carbons (Fsp3) is 0.393. The normalized spacial score (nSPS) is 19.8. The average molecular weight is 577 g/mol. The number of rotatable bonds is 5. The van der Waals surface area contributed by atoms with Crippen LogP contribution in [0.3, 0.4) is 0 Å². The molecular formula is C28H29F5N6O2. The molecule has 2 atom stereocenters. The molecule has 2 saturated heterocycles. The number of halogens is 5. The Bertz CT molecular complexity index is 1400. The van der Waals surface area contributed by atoms with Gasteiger partial charge in [0, 0.05) is 61.8 Å². The number of nitrogens with one attached hydrogen (secondary N) is 2. The number of carbonyl (C=O) groups is 1. The van der Waals surface area contributed by atoms with E-state index in [9.17, 15) is 22.4 Å². The number of alkyl halides is 3. The average Bonchev–Trinajstić information content (AvgIpc) is 2.93. The molecule has 0 bridgehead atoms. The Balaban J connectivity index is 1.53. The van der Waals surface area contributed by atoms with Gasteiger partial charge in [-0.25, -0.2) is 18.7 Å². The standard InChI is InChI=1S/C28H29F5N6O2/c1-16-14-39(15-17(2)36-16)25-11-23(30)21(18-12-34-27(35-13-18)38-5-7-41-8-6-38)10-24(25)37-26(40)20-4-3-19(29)9-22(20)28(31,32)33/h3-4,9-13,16-17,36H,5-8,14-15H2,1-2H3,(H,37,40). The lowest BCUT2D eigenvalue weighted by atomic mass is 10.0. The molecule has 3 aromatic rings. The third-order valence-electron chi connectivity index (χ3n) is 7.01. The molecule has 2 fully saturated rings. The summed E-state index contributed by atoms with van der Waals surface area (Å²) in [6.07, 6.45) is -2.05. The Morgan fingerprint density at radius 2 is 1.66 bits per heavy atom. The fourth-order valence-electron chi connectivity index (χ4n) is 5.19. The Morgan fingerprint density at radius 3 is 2.29 bits per heavy atom. The van der Waals surface area contributed by atoms with Gasteiger partial charge in [-0.2, -0.15) is 13.2 Å². The van der Waals surface area contributed by atoms with E-state index in [1.54, 1.807) is 0 Å². The van der Waals surface area contributed by atoms with Crippen molar-refractivity contribution in [2.24, 2.45) is 0 Å². The van der Waals surface area contributed by atoms with Crippen molar-refractivity contribution in [1.29, 1.82) is 0 Å². The third kappa shape index (κ3) is 6.41. The minimum absolute atomic E-state index is 0.0279. The number of benzene rings is 2. The van der Waals surface area contributed by atoms with E-state index >= 15 is 4.39 Å². The van der Waals surface area contributed by atoms with Gasteiger partial charge in [0.25, 0.3) is 5.91 Å². The first-order valence-electron chi connectivity index (χ1n) is 13.2. The first-order chi connectivity index (χ1) is 19.5. The number of amides is 1. The number of ether oxygens (including phenoxy) is 1. The van der Waals surface area contributed by atoms with Gasteiger partial charge in [-0.15, -0.1) is 0 Å². The lowest BCUT2D eigenvalue weighted by Crippen LogP contribution is -2.54. The summed E-state index contributed by atoms with van der Waals surface area (Å²) >= 11 is 0. The smallest absolute Gasteiger partial charge is 0.378 e. The lowest BCUT2D eigenvalue weighted by Gasteiger charge is -2.38. The molecule has 13 heteroatoms. The maximum absolute atomic E-state index is 15.6. The maximum atomic E-state index is 15.6. The van der Waals surface area contributed by atoms with Crippen LogP contribution in [0.15, 0.2) is 42.7 Å². The molecule has 0 aliphatic carbocycles. The summed E-state index contributed by atoms with van der Waals surface area (Å²) in [6.45, 7) is 7.14. The van der Waals surface area contributed by atoms with Crippen molar-refractivity contribution in [3.63, 3.8) is 0 Å². The third-order valence-corrected chi connectivity index (χ3v) is 7.01. The van der Waals surface area contributed by atoms with Gasteiger partial charge in [0.2, 0.25) is 5.95 Å². The predicted molar refractivity (Wildman–Crippen MR) is 144 cm³/mol. The second-order valence-electron chi connectivity index (χ2n) is 10.2. The minimum Gasteiger partial charge on any atom is -0.378 e. The van der Waals surface area contributed by atoms with E-state index in [1.165, 1.54) is 24.5 Å². The van der Waals surface area contributed by atoms with Gasteiger partial charge >= 0.3 is 6.18 Å². The van der Waals surface area contributed by atoms with Gasteiger partial charge in [0.05, 0.1) is 35.7 Å². The maximum Gasteiger partial charge on any atom is 0.417 e. The van der Waals surface area contributed by atoms with Crippen LogP contribution in [0, 0.1) is 11.6 Å². The molecular weight excluding hydrogens is 547 g/mol. The van der Waals surface area contributed by atoms with E-state index in [4.69, 9.17) is 4.74 Å². The minimum atomic E-state index is -4.96. The van der Waals surface area contributed by atoms with Crippen LogP contribution >= 0.6 is 0 Å². The monoisotopic (exact) mass is 576 g/mol. The highest BCUT2D eigenvalue weighted by molar-refractivity contribution is 6.07. The van der Waals surface area contributed by atoms with Crippen LogP contribution in [0.5, 0.6) is 0 Å². The van der Waals surface area contributed by atoms with Gasteiger partial charge in [-0.05, 0) is 44.2 Å². The van der Waals surface area contributed by atoms with Gasteiger partial charge in [0.1, 0.15) is 11.6 Å². The van der Waals surface area contributed by atoms with Crippen molar-refractivity contribution in [1.82, 2.24) is 15.3 Å². The molecule has 2 aliphatic rings. The molecule has 2 aromatic carbocycles. The molecule has 0 radical (unpaired) electrons. The fourth-order valence-corrected chi connectivity index (χ4v) is 5.19. The SMILES string of the molecule is CC1CN(c2cc(F)c(-c3cnc(N4CCOCC4)nc3)cc2NC(=O)c2ccc(F)cc2C(F)(F)F)CC(C)N1. The second-order valence-corrected chi connectivity index (χ2v) is 10.2. The van der Waals surface area contributed by atoms with Gasteiger partial charge < -0.3 is 25.2 Å². The molecule has 2 N–H and O–H groups in total. The first-order valence-corrected chi connectivity index (χ1v) is 13.2. The van der Waals surface area contributed by atoms with Crippen molar-refractivity contribution < 1.29 is 31.5 Å². The second kappa shape index (κ2) is 11.6. The quantitative estimate of drug-likeness (QED) is 0.426. The first kappa shape index (κ1) is 28.7. The van der Waals surface area contributed by atoms with Crippen molar-refractivity contribution in [2.75, 3.05) is 54.5 Å². The Kier molecular flexibility index (Phi) is 8.09. The number of anilines is 3. The molecule has 1 amide bonds. The molecule has 5 rings (SSSR count). The molecule has 8 nitrogen and oxygen atoms in total. The molecule has 0 saturated carbocycles. The van der Waals surface area contributed by atoms with Gasteiger partial charge in [0.15, 0.2) is 0 Å². The van der Waals surface area contributed by atoms with Crippen LogP contribution in [-0.4, -0.2) is 67.4 Å². The van der Waals surface area contributed by atoms with Gasteiger partial charge in [-0.3, -0.25) is 4.79 Å². The highest BCUT2D eigenvalue weighted by Crippen LogP contribution is 2.37. The number of piperazine rings is 1. The number of hydrogen-bond donors (Lipinski definition) is 2. The number of morpholine rings is 1. The highest BCUT2D eigenvalue weighted by Gasteiger charge is 2.36. The van der Waals surface area contributed by atoms with E-state index in [1.807, 2.05) is 23.6 Å². The molecule has 218 valence electrons. The molecule has 2 aliphatic heterocycles. The zero-order chi connectivity index (χ0) is 29.3. The van der Waals surface area contributed by atoms with Crippen LogP contribution in [0.4, 0.5) is 39.3 Å². The van der Waals surface area contributed by atoms with E-state index in [-0.39, 0.29) is 29.4 Å². The number of hydrogen-bond acceptors (Lipinski definition) is 7. The van der Waals surface area contributed by atoms with Crippen molar-refractivity contribution in [2.45, 2.75) is 32.1 Å². The molecule has 3 heterocycles. The molecule has 0 spiro atoms. The van der Waals surface area contributed by atoms with Crippen LogP contribution < -0.4 is 20.4 Å². The Labute approximate surface area is 233 Å².